The van der Waals surface area contributed by atoms with Crippen LogP contribution in [0.25, 0.3) is 0 Å². The predicted molar refractivity (Wildman–Crippen MR) is 87.2 cm³/mol. The SMILES string of the molecule is O=Cc1sc(N(c2ccccc2)c2ccccc2)nc1Cl. The molecule has 0 bridgehead atoms. The highest BCUT2D eigenvalue weighted by molar-refractivity contribution is 7.17. The molecular formula is C16H11ClN2OS. The third kappa shape index (κ3) is 2.82. The highest BCUT2D eigenvalue weighted by atomic mass is 35.5. The lowest BCUT2D eigenvalue weighted by Crippen LogP contribution is -2.09. The lowest BCUT2D eigenvalue weighted by molar-refractivity contribution is 0.112. The molecule has 0 spiro atoms. The summed E-state index contributed by atoms with van der Waals surface area (Å²) >= 11 is 7.28. The van der Waals surface area contributed by atoms with E-state index in [1.165, 1.54) is 11.3 Å². The summed E-state index contributed by atoms with van der Waals surface area (Å²) in [5.41, 5.74) is 1.93. The fourth-order valence-electron chi connectivity index (χ4n) is 1.99. The van der Waals surface area contributed by atoms with Gasteiger partial charge in [-0.1, -0.05) is 59.3 Å². The Morgan fingerprint density at radius 2 is 1.48 bits per heavy atom. The molecule has 0 N–H and O–H groups in total. The number of rotatable bonds is 4. The lowest BCUT2D eigenvalue weighted by Gasteiger charge is -2.21. The highest BCUT2D eigenvalue weighted by Gasteiger charge is 2.18. The first kappa shape index (κ1) is 13.8. The van der Waals surface area contributed by atoms with Crippen molar-refractivity contribution in [3.05, 3.63) is 70.7 Å². The second kappa shape index (κ2) is 6.08. The van der Waals surface area contributed by atoms with Gasteiger partial charge in [-0.3, -0.25) is 9.69 Å². The van der Waals surface area contributed by atoms with Crippen molar-refractivity contribution in [1.82, 2.24) is 4.98 Å². The minimum absolute atomic E-state index is 0.238. The fourth-order valence-corrected chi connectivity index (χ4v) is 3.10. The monoisotopic (exact) mass is 314 g/mol. The Balaban J connectivity index is 2.14. The minimum atomic E-state index is 0.238. The summed E-state index contributed by atoms with van der Waals surface area (Å²) < 4.78 is 0. The number of benzene rings is 2. The van der Waals surface area contributed by atoms with Gasteiger partial charge in [-0.15, -0.1) is 0 Å². The molecule has 1 heterocycles. The maximum atomic E-state index is 11.0. The molecule has 0 aliphatic carbocycles. The molecule has 0 aliphatic heterocycles. The summed E-state index contributed by atoms with van der Waals surface area (Å²) in [6, 6.07) is 19.7. The standard InChI is InChI=1S/C16H11ClN2OS/c17-15-14(11-20)21-16(18-15)19(12-7-3-1-4-8-12)13-9-5-2-6-10-13/h1-11H. The van der Waals surface area contributed by atoms with E-state index in [0.717, 1.165) is 17.7 Å². The van der Waals surface area contributed by atoms with Crippen LogP contribution < -0.4 is 4.90 Å². The van der Waals surface area contributed by atoms with E-state index in [9.17, 15) is 4.79 Å². The van der Waals surface area contributed by atoms with Crippen LogP contribution in [0.2, 0.25) is 5.15 Å². The molecule has 3 nitrogen and oxygen atoms in total. The quantitative estimate of drug-likeness (QED) is 0.630. The molecular weight excluding hydrogens is 304 g/mol. The van der Waals surface area contributed by atoms with Gasteiger partial charge >= 0.3 is 0 Å². The number of hydrogen-bond acceptors (Lipinski definition) is 4. The van der Waals surface area contributed by atoms with Gasteiger partial charge in [0.25, 0.3) is 0 Å². The third-order valence-corrected chi connectivity index (χ3v) is 4.29. The number of aromatic nitrogens is 1. The Morgan fingerprint density at radius 3 is 1.90 bits per heavy atom. The summed E-state index contributed by atoms with van der Waals surface area (Å²) in [4.78, 5) is 17.7. The summed E-state index contributed by atoms with van der Waals surface area (Å²) in [6.07, 6.45) is 0.734. The van der Waals surface area contributed by atoms with Crippen LogP contribution in [0.15, 0.2) is 60.7 Å². The Bertz CT molecular complexity index is 704. The maximum absolute atomic E-state index is 11.0. The van der Waals surface area contributed by atoms with Gasteiger partial charge < -0.3 is 0 Å². The van der Waals surface area contributed by atoms with Crippen molar-refractivity contribution in [3.8, 4) is 0 Å². The summed E-state index contributed by atoms with van der Waals surface area (Å²) in [5.74, 6) is 0. The van der Waals surface area contributed by atoms with Crippen LogP contribution in [0.1, 0.15) is 9.67 Å². The van der Waals surface area contributed by atoms with E-state index in [2.05, 4.69) is 4.98 Å². The van der Waals surface area contributed by atoms with Gasteiger partial charge in [0.2, 0.25) is 0 Å². The smallest absolute Gasteiger partial charge is 0.196 e. The van der Waals surface area contributed by atoms with Crippen LogP contribution in [0.4, 0.5) is 16.5 Å². The van der Waals surface area contributed by atoms with E-state index < -0.39 is 0 Å². The molecule has 0 saturated carbocycles. The Hall–Kier alpha value is -2.17. The van der Waals surface area contributed by atoms with E-state index in [1.54, 1.807) is 0 Å². The van der Waals surface area contributed by atoms with Crippen LogP contribution in [0.3, 0.4) is 0 Å². The van der Waals surface area contributed by atoms with Crippen LogP contribution in [-0.2, 0) is 0 Å². The Kier molecular flexibility index (Phi) is 3.99. The Morgan fingerprint density at radius 1 is 0.952 bits per heavy atom. The molecule has 3 rings (SSSR count). The van der Waals surface area contributed by atoms with Gasteiger partial charge in [0.05, 0.1) is 0 Å². The largest absolute Gasteiger partial charge is 0.297 e. The number of carbonyl (C=O) groups excluding carboxylic acids is 1. The van der Waals surface area contributed by atoms with Gasteiger partial charge in [0.15, 0.2) is 16.6 Å². The molecule has 0 atom stereocenters. The first-order valence-corrected chi connectivity index (χ1v) is 7.51. The van der Waals surface area contributed by atoms with E-state index in [4.69, 9.17) is 11.6 Å². The van der Waals surface area contributed by atoms with E-state index >= 15 is 0 Å². The Labute approximate surface area is 131 Å². The summed E-state index contributed by atoms with van der Waals surface area (Å²) in [5, 5.41) is 0.904. The predicted octanol–water partition coefficient (Wildman–Crippen LogP) is 5.08. The first-order valence-electron chi connectivity index (χ1n) is 6.31. The molecule has 21 heavy (non-hydrogen) atoms. The van der Waals surface area contributed by atoms with E-state index in [0.29, 0.717) is 10.0 Å². The molecule has 5 heteroatoms. The number of aldehydes is 1. The number of thiazole rings is 1. The second-order valence-corrected chi connectivity index (χ2v) is 5.64. The summed E-state index contributed by atoms with van der Waals surface area (Å²) in [7, 11) is 0. The average Bonchev–Trinajstić information content (AvgIpc) is 2.90. The molecule has 0 fully saturated rings. The molecule has 1 aromatic heterocycles. The van der Waals surface area contributed by atoms with Crippen molar-refractivity contribution < 1.29 is 4.79 Å². The number of para-hydroxylation sites is 2. The molecule has 0 aliphatic rings. The zero-order valence-electron chi connectivity index (χ0n) is 10.9. The van der Waals surface area contributed by atoms with Crippen LogP contribution >= 0.6 is 22.9 Å². The number of carbonyl (C=O) groups is 1. The van der Waals surface area contributed by atoms with E-state index in [1.807, 2.05) is 65.6 Å². The van der Waals surface area contributed by atoms with Crippen LogP contribution in [-0.4, -0.2) is 11.3 Å². The number of halogens is 1. The molecule has 3 aromatic rings. The van der Waals surface area contributed by atoms with Crippen molar-refractivity contribution >= 4 is 45.7 Å². The molecule has 104 valence electrons. The summed E-state index contributed by atoms with van der Waals surface area (Å²) in [6.45, 7) is 0. The first-order chi connectivity index (χ1) is 10.3. The zero-order chi connectivity index (χ0) is 14.7. The normalized spacial score (nSPS) is 10.3. The number of nitrogens with zero attached hydrogens (tertiary/aromatic N) is 2. The molecule has 0 saturated heterocycles. The minimum Gasteiger partial charge on any atom is -0.297 e. The van der Waals surface area contributed by atoms with Gasteiger partial charge in [-0.2, -0.15) is 0 Å². The van der Waals surface area contributed by atoms with Crippen molar-refractivity contribution in [2.24, 2.45) is 0 Å². The maximum Gasteiger partial charge on any atom is 0.196 e. The van der Waals surface area contributed by atoms with Gasteiger partial charge in [0.1, 0.15) is 4.88 Å². The zero-order valence-corrected chi connectivity index (χ0v) is 12.5. The van der Waals surface area contributed by atoms with Crippen molar-refractivity contribution in [2.45, 2.75) is 0 Å². The van der Waals surface area contributed by atoms with Gasteiger partial charge in [0, 0.05) is 11.4 Å². The van der Waals surface area contributed by atoms with E-state index in [-0.39, 0.29) is 5.15 Å². The molecule has 0 radical (unpaired) electrons. The lowest BCUT2D eigenvalue weighted by atomic mass is 10.2. The van der Waals surface area contributed by atoms with Crippen molar-refractivity contribution in [3.63, 3.8) is 0 Å². The van der Waals surface area contributed by atoms with Gasteiger partial charge in [-0.05, 0) is 24.3 Å². The molecule has 0 amide bonds. The number of anilines is 3. The second-order valence-electron chi connectivity index (χ2n) is 4.28. The van der Waals surface area contributed by atoms with Crippen molar-refractivity contribution in [1.29, 1.82) is 0 Å². The molecule has 2 aromatic carbocycles. The fraction of sp³-hybridized carbons (Fsp3) is 0. The van der Waals surface area contributed by atoms with Crippen molar-refractivity contribution in [2.75, 3.05) is 4.90 Å². The average molecular weight is 315 g/mol. The topological polar surface area (TPSA) is 33.2 Å². The molecule has 0 unspecified atom stereocenters. The van der Waals surface area contributed by atoms with Crippen LogP contribution in [0, 0.1) is 0 Å². The third-order valence-electron chi connectivity index (χ3n) is 2.93. The van der Waals surface area contributed by atoms with Gasteiger partial charge in [-0.25, -0.2) is 4.98 Å². The number of hydrogen-bond donors (Lipinski definition) is 0. The van der Waals surface area contributed by atoms with Crippen LogP contribution in [0.5, 0.6) is 0 Å². The highest BCUT2D eigenvalue weighted by Crippen LogP contribution is 2.38.